The van der Waals surface area contributed by atoms with Crippen molar-refractivity contribution in [3.05, 3.63) is 34.2 Å². The molecule has 0 amide bonds. The highest BCUT2D eigenvalue weighted by molar-refractivity contribution is 9.10. The highest BCUT2D eigenvalue weighted by atomic mass is 79.9. The van der Waals surface area contributed by atoms with Crippen LogP contribution in [-0.2, 0) is 6.42 Å². The molecule has 90 valence electrons. The summed E-state index contributed by atoms with van der Waals surface area (Å²) >= 11 is 3.54. The van der Waals surface area contributed by atoms with Crippen molar-refractivity contribution in [2.24, 2.45) is 0 Å². The molecule has 0 aliphatic carbocycles. The maximum absolute atomic E-state index is 4.56. The molecule has 0 bridgehead atoms. The van der Waals surface area contributed by atoms with E-state index in [0.717, 1.165) is 33.3 Å². The minimum Gasteiger partial charge on any atom is -0.317 e. The molecule has 0 fully saturated rings. The van der Waals surface area contributed by atoms with Crippen LogP contribution in [0.1, 0.15) is 18.4 Å². The molecular weight excluding hydrogens is 278 g/mol. The van der Waals surface area contributed by atoms with Crippen LogP contribution in [0.3, 0.4) is 0 Å². The van der Waals surface area contributed by atoms with Crippen LogP contribution in [0.4, 0.5) is 0 Å². The molecule has 1 N–H and O–H groups in total. The number of para-hydroxylation sites is 1. The van der Waals surface area contributed by atoms with Crippen LogP contribution in [0.2, 0.25) is 0 Å². The van der Waals surface area contributed by atoms with Crippen LogP contribution in [-0.4, -0.2) is 23.1 Å². The number of hydrogen-bond acceptors (Lipinski definition) is 3. The standard InChI is InChI=1S/C13H16BrN3/c1-8(15-3)7-12-10-5-4-6-11(14)13(10)17-9(2)16-12/h4-6,8,15H,7H2,1-3H3. The Hall–Kier alpha value is -1.00. The highest BCUT2D eigenvalue weighted by Gasteiger charge is 2.10. The van der Waals surface area contributed by atoms with Crippen molar-refractivity contribution in [1.29, 1.82) is 0 Å². The summed E-state index contributed by atoms with van der Waals surface area (Å²) in [5, 5.41) is 4.37. The number of nitrogens with zero attached hydrogens (tertiary/aromatic N) is 2. The van der Waals surface area contributed by atoms with Crippen LogP contribution in [0.25, 0.3) is 10.9 Å². The topological polar surface area (TPSA) is 37.8 Å². The summed E-state index contributed by atoms with van der Waals surface area (Å²) in [5.74, 6) is 0.822. The molecule has 2 aromatic rings. The molecule has 1 heterocycles. The van der Waals surface area contributed by atoms with Crippen LogP contribution in [0, 0.1) is 6.92 Å². The van der Waals surface area contributed by atoms with Gasteiger partial charge in [0.2, 0.25) is 0 Å². The lowest BCUT2D eigenvalue weighted by Crippen LogP contribution is -2.24. The number of aryl methyl sites for hydroxylation is 1. The molecule has 3 nitrogen and oxygen atoms in total. The molecule has 2 rings (SSSR count). The highest BCUT2D eigenvalue weighted by Crippen LogP contribution is 2.24. The molecule has 0 aliphatic heterocycles. The number of rotatable bonds is 3. The fraction of sp³-hybridized carbons (Fsp3) is 0.385. The summed E-state index contributed by atoms with van der Waals surface area (Å²) in [4.78, 5) is 9.05. The second-order valence-corrected chi connectivity index (χ2v) is 5.10. The third-order valence-electron chi connectivity index (χ3n) is 2.86. The number of benzene rings is 1. The maximum Gasteiger partial charge on any atom is 0.126 e. The van der Waals surface area contributed by atoms with Crippen molar-refractivity contribution in [2.45, 2.75) is 26.3 Å². The molecule has 0 spiro atoms. The van der Waals surface area contributed by atoms with E-state index in [1.807, 2.05) is 26.1 Å². The van der Waals surface area contributed by atoms with Gasteiger partial charge < -0.3 is 5.32 Å². The Morgan fingerprint density at radius 3 is 2.82 bits per heavy atom. The Balaban J connectivity index is 2.58. The molecule has 17 heavy (non-hydrogen) atoms. The normalized spacial score (nSPS) is 12.9. The Kier molecular flexibility index (Phi) is 3.74. The van der Waals surface area contributed by atoms with E-state index < -0.39 is 0 Å². The van der Waals surface area contributed by atoms with Crippen molar-refractivity contribution in [3.8, 4) is 0 Å². The molecule has 0 saturated heterocycles. The molecular formula is C13H16BrN3. The van der Waals surface area contributed by atoms with Crippen LogP contribution in [0.15, 0.2) is 22.7 Å². The van der Waals surface area contributed by atoms with E-state index in [1.54, 1.807) is 0 Å². The van der Waals surface area contributed by atoms with E-state index in [2.05, 4.69) is 44.2 Å². The van der Waals surface area contributed by atoms with Gasteiger partial charge in [0.05, 0.1) is 11.2 Å². The SMILES string of the molecule is CNC(C)Cc1nc(C)nc2c(Br)cccc12. The van der Waals surface area contributed by atoms with Gasteiger partial charge in [-0.05, 0) is 42.9 Å². The number of aromatic nitrogens is 2. The molecule has 1 unspecified atom stereocenters. The van der Waals surface area contributed by atoms with Crippen LogP contribution in [0.5, 0.6) is 0 Å². The lowest BCUT2D eigenvalue weighted by Gasteiger charge is -2.12. The number of likely N-dealkylation sites (N-methyl/N-ethyl adjacent to an activating group) is 1. The zero-order valence-electron chi connectivity index (χ0n) is 10.3. The van der Waals surface area contributed by atoms with Gasteiger partial charge in [-0.2, -0.15) is 0 Å². The average Bonchev–Trinajstić information content (AvgIpc) is 2.30. The summed E-state index contributed by atoms with van der Waals surface area (Å²) in [6, 6.07) is 6.53. The lowest BCUT2D eigenvalue weighted by molar-refractivity contribution is 0.601. The first-order valence-corrected chi connectivity index (χ1v) is 6.50. The quantitative estimate of drug-likeness (QED) is 0.946. The van der Waals surface area contributed by atoms with Gasteiger partial charge in [0.25, 0.3) is 0 Å². The van der Waals surface area contributed by atoms with Gasteiger partial charge in [-0.1, -0.05) is 12.1 Å². The predicted octanol–water partition coefficient (Wildman–Crippen LogP) is 2.85. The van der Waals surface area contributed by atoms with Crippen LogP contribution < -0.4 is 5.32 Å². The summed E-state index contributed by atoms with van der Waals surface area (Å²) in [6.07, 6.45) is 0.910. The van der Waals surface area contributed by atoms with Gasteiger partial charge in [0.15, 0.2) is 0 Å². The van der Waals surface area contributed by atoms with Gasteiger partial charge in [-0.3, -0.25) is 0 Å². The minimum absolute atomic E-state index is 0.409. The minimum atomic E-state index is 0.409. The summed E-state index contributed by atoms with van der Waals surface area (Å²) in [5.41, 5.74) is 2.11. The van der Waals surface area contributed by atoms with Gasteiger partial charge in [-0.25, -0.2) is 9.97 Å². The summed E-state index contributed by atoms with van der Waals surface area (Å²) in [6.45, 7) is 4.09. The maximum atomic E-state index is 4.56. The second-order valence-electron chi connectivity index (χ2n) is 4.25. The Bertz CT molecular complexity index is 539. The average molecular weight is 294 g/mol. The van der Waals surface area contributed by atoms with Gasteiger partial charge in [0, 0.05) is 22.3 Å². The van der Waals surface area contributed by atoms with E-state index in [4.69, 9.17) is 0 Å². The van der Waals surface area contributed by atoms with E-state index in [-0.39, 0.29) is 0 Å². The van der Waals surface area contributed by atoms with Gasteiger partial charge >= 0.3 is 0 Å². The van der Waals surface area contributed by atoms with Gasteiger partial charge in [0.1, 0.15) is 5.82 Å². The van der Waals surface area contributed by atoms with Crippen molar-refractivity contribution in [3.63, 3.8) is 0 Å². The molecule has 1 aromatic carbocycles. The van der Waals surface area contributed by atoms with Crippen molar-refractivity contribution in [2.75, 3.05) is 7.05 Å². The first-order chi connectivity index (χ1) is 8.11. The van der Waals surface area contributed by atoms with E-state index in [0.29, 0.717) is 6.04 Å². The van der Waals surface area contributed by atoms with Crippen LogP contribution >= 0.6 is 15.9 Å². The van der Waals surface area contributed by atoms with Crippen molar-refractivity contribution in [1.82, 2.24) is 15.3 Å². The third kappa shape index (κ3) is 2.64. The molecule has 0 aliphatic rings. The number of halogens is 1. The van der Waals surface area contributed by atoms with E-state index in [9.17, 15) is 0 Å². The summed E-state index contributed by atoms with van der Waals surface area (Å²) in [7, 11) is 1.97. The zero-order valence-corrected chi connectivity index (χ0v) is 11.9. The lowest BCUT2D eigenvalue weighted by atomic mass is 10.1. The molecule has 4 heteroatoms. The summed E-state index contributed by atoms with van der Waals surface area (Å²) < 4.78 is 1.03. The molecule has 0 radical (unpaired) electrons. The Labute approximate surface area is 110 Å². The van der Waals surface area contributed by atoms with Crippen molar-refractivity contribution < 1.29 is 0 Å². The molecule has 0 saturated carbocycles. The van der Waals surface area contributed by atoms with E-state index >= 15 is 0 Å². The Morgan fingerprint density at radius 2 is 2.12 bits per heavy atom. The molecule has 1 aromatic heterocycles. The van der Waals surface area contributed by atoms with Crippen molar-refractivity contribution >= 4 is 26.8 Å². The number of fused-ring (bicyclic) bond motifs is 1. The monoisotopic (exact) mass is 293 g/mol. The Morgan fingerprint density at radius 1 is 1.35 bits per heavy atom. The second kappa shape index (κ2) is 5.10. The zero-order chi connectivity index (χ0) is 12.4. The number of hydrogen-bond donors (Lipinski definition) is 1. The smallest absolute Gasteiger partial charge is 0.126 e. The fourth-order valence-corrected chi connectivity index (χ4v) is 2.31. The predicted molar refractivity (Wildman–Crippen MR) is 74.2 cm³/mol. The third-order valence-corrected chi connectivity index (χ3v) is 3.50. The van der Waals surface area contributed by atoms with E-state index in [1.165, 1.54) is 0 Å². The number of nitrogens with one attached hydrogen (secondary N) is 1. The fourth-order valence-electron chi connectivity index (χ4n) is 1.85. The van der Waals surface area contributed by atoms with Gasteiger partial charge in [-0.15, -0.1) is 0 Å². The first-order valence-electron chi connectivity index (χ1n) is 5.71. The first kappa shape index (κ1) is 12.5. The molecule has 1 atom stereocenters. The largest absolute Gasteiger partial charge is 0.317 e.